The topological polar surface area (TPSA) is 53.7 Å². The van der Waals surface area contributed by atoms with E-state index in [-0.39, 0.29) is 6.61 Å². The molecule has 0 amide bonds. The van der Waals surface area contributed by atoms with Crippen molar-refractivity contribution in [2.24, 2.45) is 0 Å². The summed E-state index contributed by atoms with van der Waals surface area (Å²) in [6.07, 6.45) is 3.61. The first kappa shape index (κ1) is 12.8. The fourth-order valence-corrected chi connectivity index (χ4v) is 1.99. The molecule has 0 saturated carbocycles. The van der Waals surface area contributed by atoms with Crippen molar-refractivity contribution in [2.75, 3.05) is 24.6 Å². The van der Waals surface area contributed by atoms with E-state index in [1.165, 1.54) is 0 Å². The number of fused-ring (bicyclic) bond motifs is 1. The van der Waals surface area contributed by atoms with Crippen LogP contribution < -0.4 is 4.90 Å². The van der Waals surface area contributed by atoms with E-state index in [2.05, 4.69) is 41.8 Å². The summed E-state index contributed by atoms with van der Waals surface area (Å²) < 4.78 is 1.86. The van der Waals surface area contributed by atoms with Crippen molar-refractivity contribution in [1.29, 1.82) is 0 Å². The molecule has 0 aromatic carbocycles. The van der Waals surface area contributed by atoms with Gasteiger partial charge in [-0.3, -0.25) is 0 Å². The van der Waals surface area contributed by atoms with Crippen LogP contribution in [0.1, 0.15) is 32.4 Å². The zero-order valence-corrected chi connectivity index (χ0v) is 11.2. The smallest absolute Gasteiger partial charge is 0.154 e. The van der Waals surface area contributed by atoms with Crippen molar-refractivity contribution in [1.82, 2.24) is 14.6 Å². The lowest BCUT2D eigenvalue weighted by Crippen LogP contribution is -2.27. The highest BCUT2D eigenvalue weighted by molar-refractivity contribution is 5.69. The van der Waals surface area contributed by atoms with Crippen molar-refractivity contribution < 1.29 is 5.11 Å². The van der Waals surface area contributed by atoms with Gasteiger partial charge in [0.15, 0.2) is 5.82 Å². The van der Waals surface area contributed by atoms with E-state index in [4.69, 9.17) is 5.11 Å². The Kier molecular flexibility index (Phi) is 3.81. The third kappa shape index (κ3) is 2.31. The summed E-state index contributed by atoms with van der Waals surface area (Å²) in [6, 6.07) is 2.08. The molecular weight excluding hydrogens is 228 g/mol. The van der Waals surface area contributed by atoms with E-state index in [0.29, 0.717) is 12.5 Å². The van der Waals surface area contributed by atoms with Gasteiger partial charge in [0, 0.05) is 25.5 Å². The van der Waals surface area contributed by atoms with E-state index in [0.717, 1.165) is 23.6 Å². The van der Waals surface area contributed by atoms with Gasteiger partial charge in [-0.2, -0.15) is 5.10 Å². The molecule has 5 heteroatoms. The number of nitrogens with zero attached hydrogens (tertiary/aromatic N) is 4. The Labute approximate surface area is 107 Å². The molecule has 18 heavy (non-hydrogen) atoms. The van der Waals surface area contributed by atoms with E-state index >= 15 is 0 Å². The molecule has 0 fully saturated rings. The number of likely N-dealkylation sites (N-methyl/N-ethyl adjacent to an activating group) is 1. The zero-order valence-electron chi connectivity index (χ0n) is 11.2. The normalized spacial score (nSPS) is 11.4. The van der Waals surface area contributed by atoms with E-state index in [9.17, 15) is 0 Å². The molecule has 0 aliphatic carbocycles. The maximum Gasteiger partial charge on any atom is 0.154 e. The average Bonchev–Trinajstić information content (AvgIpc) is 2.80. The van der Waals surface area contributed by atoms with Gasteiger partial charge in [-0.15, -0.1) is 0 Å². The lowest BCUT2D eigenvalue weighted by atomic mass is 10.1. The second-order valence-corrected chi connectivity index (χ2v) is 4.61. The number of anilines is 1. The van der Waals surface area contributed by atoms with Crippen LogP contribution in [0.5, 0.6) is 0 Å². The largest absolute Gasteiger partial charge is 0.395 e. The summed E-state index contributed by atoms with van der Waals surface area (Å²) in [6.45, 7) is 7.84. The van der Waals surface area contributed by atoms with Crippen LogP contribution in [-0.2, 0) is 0 Å². The summed E-state index contributed by atoms with van der Waals surface area (Å²) >= 11 is 0. The van der Waals surface area contributed by atoms with Gasteiger partial charge in [-0.25, -0.2) is 9.50 Å². The first-order valence-electron chi connectivity index (χ1n) is 6.37. The summed E-state index contributed by atoms with van der Waals surface area (Å²) in [4.78, 5) is 6.48. The molecule has 0 aliphatic heterocycles. The van der Waals surface area contributed by atoms with Crippen LogP contribution in [0.25, 0.3) is 5.52 Å². The number of hydrogen-bond donors (Lipinski definition) is 1. The van der Waals surface area contributed by atoms with Crippen molar-refractivity contribution >= 4 is 11.3 Å². The molecule has 0 radical (unpaired) electrons. The molecule has 98 valence electrons. The van der Waals surface area contributed by atoms with Gasteiger partial charge >= 0.3 is 0 Å². The molecule has 0 spiro atoms. The lowest BCUT2D eigenvalue weighted by Gasteiger charge is -2.21. The minimum Gasteiger partial charge on any atom is -0.395 e. The molecule has 2 aromatic heterocycles. The Morgan fingerprint density at radius 3 is 2.83 bits per heavy atom. The Hall–Kier alpha value is -1.62. The summed E-state index contributed by atoms with van der Waals surface area (Å²) in [7, 11) is 0. The fraction of sp³-hybridized carbons (Fsp3) is 0.538. The van der Waals surface area contributed by atoms with Gasteiger partial charge in [0.05, 0.1) is 12.3 Å². The minimum absolute atomic E-state index is 0.127. The van der Waals surface area contributed by atoms with Gasteiger partial charge in [-0.1, -0.05) is 13.8 Å². The van der Waals surface area contributed by atoms with Crippen molar-refractivity contribution in [3.05, 3.63) is 24.2 Å². The van der Waals surface area contributed by atoms with Crippen molar-refractivity contribution in [3.63, 3.8) is 0 Å². The van der Waals surface area contributed by atoms with E-state index < -0.39 is 0 Å². The molecule has 2 rings (SSSR count). The monoisotopic (exact) mass is 248 g/mol. The Morgan fingerprint density at radius 2 is 2.22 bits per heavy atom. The quantitative estimate of drug-likeness (QED) is 0.874. The van der Waals surface area contributed by atoms with E-state index in [1.807, 2.05) is 10.7 Å². The van der Waals surface area contributed by atoms with Crippen LogP contribution in [0.2, 0.25) is 0 Å². The van der Waals surface area contributed by atoms with Crippen LogP contribution in [0, 0.1) is 0 Å². The van der Waals surface area contributed by atoms with Crippen LogP contribution in [0.15, 0.2) is 18.5 Å². The van der Waals surface area contributed by atoms with Crippen LogP contribution in [0.4, 0.5) is 5.82 Å². The summed E-state index contributed by atoms with van der Waals surface area (Å²) in [5.74, 6) is 1.28. The predicted molar refractivity (Wildman–Crippen MR) is 72.0 cm³/mol. The van der Waals surface area contributed by atoms with Crippen LogP contribution >= 0.6 is 0 Å². The van der Waals surface area contributed by atoms with Gasteiger partial charge in [-0.05, 0) is 18.9 Å². The SMILES string of the molecule is CCN(CCO)c1nccn2nc(C(C)C)cc12. The summed E-state index contributed by atoms with van der Waals surface area (Å²) in [5, 5.41) is 13.6. The second kappa shape index (κ2) is 5.35. The fourth-order valence-electron chi connectivity index (χ4n) is 1.99. The maximum atomic E-state index is 9.10. The molecule has 0 unspecified atom stereocenters. The molecule has 0 atom stereocenters. The highest BCUT2D eigenvalue weighted by atomic mass is 16.3. The number of aliphatic hydroxyl groups excluding tert-OH is 1. The van der Waals surface area contributed by atoms with Gasteiger partial charge in [0.25, 0.3) is 0 Å². The molecule has 0 aliphatic rings. The first-order chi connectivity index (χ1) is 8.67. The summed E-state index contributed by atoms with van der Waals surface area (Å²) in [5.41, 5.74) is 2.06. The second-order valence-electron chi connectivity index (χ2n) is 4.61. The first-order valence-corrected chi connectivity index (χ1v) is 6.37. The minimum atomic E-state index is 0.127. The lowest BCUT2D eigenvalue weighted by molar-refractivity contribution is 0.302. The number of rotatable bonds is 5. The highest BCUT2D eigenvalue weighted by Gasteiger charge is 2.13. The van der Waals surface area contributed by atoms with Crippen LogP contribution in [-0.4, -0.2) is 39.4 Å². The Bertz CT molecular complexity index is 521. The number of hydrogen-bond acceptors (Lipinski definition) is 4. The number of aliphatic hydroxyl groups is 1. The third-order valence-corrected chi connectivity index (χ3v) is 3.03. The molecule has 2 heterocycles. The molecule has 0 saturated heterocycles. The highest BCUT2D eigenvalue weighted by Crippen LogP contribution is 2.22. The third-order valence-electron chi connectivity index (χ3n) is 3.03. The van der Waals surface area contributed by atoms with Gasteiger partial charge < -0.3 is 10.0 Å². The zero-order chi connectivity index (χ0) is 13.1. The van der Waals surface area contributed by atoms with E-state index in [1.54, 1.807) is 6.20 Å². The van der Waals surface area contributed by atoms with Gasteiger partial charge in [0.2, 0.25) is 0 Å². The predicted octanol–water partition coefficient (Wildman–Crippen LogP) is 1.67. The van der Waals surface area contributed by atoms with Crippen LogP contribution in [0.3, 0.4) is 0 Å². The molecule has 0 bridgehead atoms. The van der Waals surface area contributed by atoms with Crippen molar-refractivity contribution in [3.8, 4) is 0 Å². The standard InChI is InChI=1S/C13H20N4O/c1-4-16(7-8-18)13-12-9-11(10(2)3)15-17(12)6-5-14-13/h5-6,9-10,18H,4,7-8H2,1-3H3. The molecule has 5 nitrogen and oxygen atoms in total. The Morgan fingerprint density at radius 1 is 1.44 bits per heavy atom. The van der Waals surface area contributed by atoms with Crippen molar-refractivity contribution in [2.45, 2.75) is 26.7 Å². The Balaban J connectivity index is 2.49. The molecular formula is C13H20N4O. The molecule has 1 N–H and O–H groups in total. The molecule has 2 aromatic rings. The number of aromatic nitrogens is 3. The maximum absolute atomic E-state index is 9.10. The average molecular weight is 248 g/mol. The van der Waals surface area contributed by atoms with Gasteiger partial charge in [0.1, 0.15) is 5.52 Å².